The molecule has 0 radical (unpaired) electrons. The minimum Gasteiger partial charge on any atom is -0.480 e. The van der Waals surface area contributed by atoms with Crippen molar-refractivity contribution in [1.82, 2.24) is 5.32 Å². The van der Waals surface area contributed by atoms with Gasteiger partial charge in [-0.25, -0.2) is 0 Å². The number of amides is 2. The molecule has 0 aliphatic rings. The third-order valence-electron chi connectivity index (χ3n) is 4.88. The van der Waals surface area contributed by atoms with Gasteiger partial charge in [-0.15, -0.1) is 0 Å². The van der Waals surface area contributed by atoms with E-state index in [1.165, 1.54) is 0 Å². The molecule has 26 N–H and O–H groups in total. The fraction of sp³-hybridized carbons (Fsp3) is 0.667. The molecule has 0 rings (SSSR count). The van der Waals surface area contributed by atoms with E-state index >= 15 is 0 Å². The van der Waals surface area contributed by atoms with E-state index in [0.29, 0.717) is 32.4 Å². The van der Waals surface area contributed by atoms with Gasteiger partial charge in [0.2, 0.25) is 11.8 Å². The highest BCUT2D eigenvalue weighted by Crippen LogP contribution is 1.97. The molecule has 48 heavy (non-hydrogen) atoms. The summed E-state index contributed by atoms with van der Waals surface area (Å²) in [5.74, 6) is -6.78. The normalized spacial score (nSPS) is 12.6. The van der Waals surface area contributed by atoms with Gasteiger partial charge in [0.15, 0.2) is 5.96 Å². The molecule has 0 saturated carbocycles. The van der Waals surface area contributed by atoms with Crippen LogP contribution in [0.4, 0.5) is 0 Å². The molecule has 5 atom stereocenters. The summed E-state index contributed by atoms with van der Waals surface area (Å²) in [5.41, 5.74) is 44.8. The lowest BCUT2D eigenvalue weighted by Gasteiger charge is -2.06. The van der Waals surface area contributed by atoms with E-state index in [1.54, 1.807) is 0 Å². The third-order valence-corrected chi connectivity index (χ3v) is 4.88. The second-order valence-electron chi connectivity index (χ2n) is 9.35. The molecule has 24 heteroatoms. The van der Waals surface area contributed by atoms with Crippen molar-refractivity contribution in [3.05, 3.63) is 0 Å². The van der Waals surface area contributed by atoms with E-state index < -0.39 is 78.5 Å². The molecule has 0 fully saturated rings. The Kier molecular flexibility index (Phi) is 37.0. The summed E-state index contributed by atoms with van der Waals surface area (Å²) in [6.07, 6.45) is 2.95. The Labute approximate surface area is 275 Å². The van der Waals surface area contributed by atoms with Crippen LogP contribution < -0.4 is 56.9 Å². The van der Waals surface area contributed by atoms with Crippen LogP contribution in [0.1, 0.15) is 51.4 Å². The van der Waals surface area contributed by atoms with E-state index in [2.05, 4.69) is 11.1 Å². The van der Waals surface area contributed by atoms with Crippen LogP contribution in [0.5, 0.6) is 0 Å². The average Bonchev–Trinajstić information content (AvgIpc) is 2.98. The van der Waals surface area contributed by atoms with Crippen molar-refractivity contribution in [2.45, 2.75) is 81.6 Å². The van der Waals surface area contributed by atoms with Crippen LogP contribution in [0.25, 0.3) is 0 Å². The zero-order valence-corrected chi connectivity index (χ0v) is 26.4. The van der Waals surface area contributed by atoms with Gasteiger partial charge in [-0.3, -0.25) is 39.0 Å². The zero-order chi connectivity index (χ0) is 39.0. The van der Waals surface area contributed by atoms with E-state index in [9.17, 15) is 33.6 Å². The van der Waals surface area contributed by atoms with E-state index in [-0.39, 0.29) is 25.2 Å². The van der Waals surface area contributed by atoms with Crippen LogP contribution in [0, 0.1) is 5.41 Å². The number of unbranched alkanes of at least 4 members (excludes halogenated alkanes) is 1. The maximum absolute atomic E-state index is 10.2. The molecule has 0 aliphatic carbocycles. The topological polar surface area (TPSA) is 511 Å². The predicted octanol–water partition coefficient (Wildman–Crippen LogP) is -6.48. The number of aliphatic hydroxyl groups excluding tert-OH is 1. The van der Waals surface area contributed by atoms with Crippen molar-refractivity contribution in [2.24, 2.45) is 51.6 Å². The van der Waals surface area contributed by atoms with Gasteiger partial charge >= 0.3 is 29.8 Å². The Hall–Kier alpha value is -4.72. The van der Waals surface area contributed by atoms with Crippen LogP contribution in [0.15, 0.2) is 0 Å². The fourth-order valence-electron chi connectivity index (χ4n) is 2.10. The molecule has 5 unspecified atom stereocenters. The van der Waals surface area contributed by atoms with Gasteiger partial charge in [0, 0.05) is 13.0 Å². The molecule has 2 amide bonds. The molecular formula is C24H53N11O13. The Morgan fingerprint density at radius 3 is 1.19 bits per heavy atom. The van der Waals surface area contributed by atoms with Gasteiger partial charge in [0.05, 0.1) is 13.0 Å². The molecule has 0 aromatic carbocycles. The molecule has 0 aromatic heterocycles. The first-order valence-corrected chi connectivity index (χ1v) is 13.8. The van der Waals surface area contributed by atoms with Gasteiger partial charge < -0.3 is 87.6 Å². The lowest BCUT2D eigenvalue weighted by Crippen LogP contribution is -2.34. The molecule has 0 spiro atoms. The van der Waals surface area contributed by atoms with E-state index in [0.717, 1.165) is 12.8 Å². The number of carboxylic acid groups (broad SMARTS) is 5. The number of aliphatic carboxylic acids is 5. The highest BCUT2D eigenvalue weighted by atomic mass is 16.4. The Bertz CT molecular complexity index is 974. The quantitative estimate of drug-likeness (QED) is 0.0337. The monoisotopic (exact) mass is 703 g/mol. The zero-order valence-electron chi connectivity index (χ0n) is 26.4. The number of carbonyl (C=O) groups excluding carboxylic acids is 2. The number of hydrogen-bond acceptors (Lipinski definition) is 15. The SMILES string of the molecule is N=C(N)NCCCC(N)C(=O)O.NC(=O)CC(N)C(=O)O.NC(=O)CCC(N)C(=O)O.NC(CO)C(=O)O.NCCCCC(N)C(=O)O. The number of rotatable bonds is 19. The summed E-state index contributed by atoms with van der Waals surface area (Å²) in [6, 6.07) is -4.81. The number of hydrogen-bond donors (Lipinski definition) is 17. The summed E-state index contributed by atoms with van der Waals surface area (Å²) >= 11 is 0. The number of nitrogens with two attached hydrogens (primary N) is 9. The lowest BCUT2D eigenvalue weighted by molar-refractivity contribution is -0.140. The van der Waals surface area contributed by atoms with Gasteiger partial charge in [-0.1, -0.05) is 6.42 Å². The van der Waals surface area contributed by atoms with Crippen molar-refractivity contribution in [1.29, 1.82) is 5.41 Å². The number of carboxylic acids is 5. The summed E-state index contributed by atoms with van der Waals surface area (Å²) in [7, 11) is 0. The second kappa shape index (κ2) is 33.6. The molecule has 0 saturated heterocycles. The van der Waals surface area contributed by atoms with E-state index in [1.807, 2.05) is 0 Å². The Morgan fingerprint density at radius 2 is 0.938 bits per heavy atom. The number of carbonyl (C=O) groups is 7. The molecule has 282 valence electrons. The number of guanidine groups is 1. The standard InChI is InChI=1S/C6H14N4O2.C6H14N2O2.C5H10N2O3.C4H8N2O3.C3H7NO3/c7-4(5(11)12)2-1-3-10-6(8)9;7-4-2-1-3-5(8)6(9)10;6-3(5(9)10)1-2-4(7)8;5-2(4(8)9)1-3(6)7;4-2(1-5)3(6)7/h4H,1-3,7H2,(H,11,12)(H4,8,9,10);5H,1-4,7-8H2,(H,9,10);3H,1-2,6H2,(H2,7,8)(H,9,10);2H,1,5H2,(H2,6,7)(H,8,9);2,5H,1,4H2,(H,6,7). The number of primary amides is 2. The van der Waals surface area contributed by atoms with Crippen LogP contribution in [-0.4, -0.2) is 128 Å². The molecule has 0 heterocycles. The first-order chi connectivity index (χ1) is 22.0. The van der Waals surface area contributed by atoms with Crippen molar-refractivity contribution in [3.63, 3.8) is 0 Å². The highest BCUT2D eigenvalue weighted by Gasteiger charge is 2.14. The van der Waals surface area contributed by atoms with Crippen LogP contribution >= 0.6 is 0 Å². The molecule has 24 nitrogen and oxygen atoms in total. The van der Waals surface area contributed by atoms with Crippen molar-refractivity contribution >= 4 is 47.6 Å². The average molecular weight is 704 g/mol. The fourth-order valence-corrected chi connectivity index (χ4v) is 2.10. The minimum absolute atomic E-state index is 0.0213. The smallest absolute Gasteiger partial charge is 0.322 e. The summed E-state index contributed by atoms with van der Waals surface area (Å²) < 4.78 is 0. The molecule has 0 aromatic rings. The molecule has 0 aliphatic heterocycles. The minimum atomic E-state index is -1.21. The van der Waals surface area contributed by atoms with Crippen molar-refractivity contribution < 1.29 is 64.2 Å². The second-order valence-corrected chi connectivity index (χ2v) is 9.35. The maximum atomic E-state index is 10.2. The Balaban J connectivity index is -0.000000162. The Morgan fingerprint density at radius 1 is 0.562 bits per heavy atom. The predicted molar refractivity (Wildman–Crippen MR) is 169 cm³/mol. The summed E-state index contributed by atoms with van der Waals surface area (Å²) in [4.78, 5) is 70.0. The maximum Gasteiger partial charge on any atom is 0.322 e. The summed E-state index contributed by atoms with van der Waals surface area (Å²) in [5, 5.41) is 58.3. The van der Waals surface area contributed by atoms with Crippen molar-refractivity contribution in [3.8, 4) is 0 Å². The van der Waals surface area contributed by atoms with Gasteiger partial charge in [0.1, 0.15) is 30.2 Å². The third kappa shape index (κ3) is 45.7. The van der Waals surface area contributed by atoms with Gasteiger partial charge in [-0.05, 0) is 38.6 Å². The number of aliphatic hydroxyl groups is 1. The first kappa shape index (κ1) is 52.8. The first-order valence-electron chi connectivity index (χ1n) is 13.8. The largest absolute Gasteiger partial charge is 0.480 e. The lowest BCUT2D eigenvalue weighted by atomic mass is 10.1. The number of nitrogens with one attached hydrogen (secondary N) is 2. The van der Waals surface area contributed by atoms with Crippen molar-refractivity contribution in [2.75, 3.05) is 19.7 Å². The van der Waals surface area contributed by atoms with Crippen LogP contribution in [0.2, 0.25) is 0 Å². The molecule has 0 bridgehead atoms. The van der Waals surface area contributed by atoms with Crippen LogP contribution in [0.3, 0.4) is 0 Å². The van der Waals surface area contributed by atoms with Crippen LogP contribution in [-0.2, 0) is 33.6 Å². The summed E-state index contributed by atoms with van der Waals surface area (Å²) in [6.45, 7) is 0.581. The van der Waals surface area contributed by atoms with E-state index in [4.69, 9.17) is 81.9 Å². The van der Waals surface area contributed by atoms with Gasteiger partial charge in [0.25, 0.3) is 0 Å². The highest BCUT2D eigenvalue weighted by molar-refractivity contribution is 5.83. The molecular weight excluding hydrogens is 650 g/mol. The van der Waals surface area contributed by atoms with Gasteiger partial charge in [-0.2, -0.15) is 0 Å².